The van der Waals surface area contributed by atoms with Gasteiger partial charge in [-0.15, -0.1) is 0 Å². The summed E-state index contributed by atoms with van der Waals surface area (Å²) in [5.41, 5.74) is 7.08. The van der Waals surface area contributed by atoms with Crippen LogP contribution in [0.5, 0.6) is 0 Å². The van der Waals surface area contributed by atoms with Gasteiger partial charge >= 0.3 is 0 Å². The molecule has 3 heteroatoms. The monoisotopic (exact) mass is 260 g/mol. The van der Waals surface area contributed by atoms with E-state index in [1.807, 2.05) is 17.9 Å². The molecule has 3 nitrogen and oxygen atoms in total. The quantitative estimate of drug-likeness (QED) is 0.902. The highest BCUT2D eigenvalue weighted by Gasteiger charge is 2.33. The molecule has 1 aromatic carbocycles. The standard InChI is InChI=1S/C16H24N2O/c1-12(17)10-16(19)18-9-8-15(13(18)2)11-14-6-4-3-5-7-14/h3-7,12-13,15H,8-11,17H2,1-2H3. The summed E-state index contributed by atoms with van der Waals surface area (Å²) < 4.78 is 0. The number of hydrogen-bond donors (Lipinski definition) is 1. The third kappa shape index (κ3) is 3.57. The van der Waals surface area contributed by atoms with Crippen LogP contribution in [0.1, 0.15) is 32.3 Å². The highest BCUT2D eigenvalue weighted by Crippen LogP contribution is 2.28. The molecule has 19 heavy (non-hydrogen) atoms. The van der Waals surface area contributed by atoms with Gasteiger partial charge < -0.3 is 10.6 Å². The number of nitrogens with zero attached hydrogens (tertiary/aromatic N) is 1. The van der Waals surface area contributed by atoms with Gasteiger partial charge in [-0.05, 0) is 38.2 Å². The van der Waals surface area contributed by atoms with Gasteiger partial charge in [0.15, 0.2) is 0 Å². The van der Waals surface area contributed by atoms with Crippen molar-refractivity contribution in [3.8, 4) is 0 Å². The zero-order valence-electron chi connectivity index (χ0n) is 11.9. The number of likely N-dealkylation sites (tertiary alicyclic amines) is 1. The summed E-state index contributed by atoms with van der Waals surface area (Å²) in [6.45, 7) is 4.93. The second kappa shape index (κ2) is 6.20. The van der Waals surface area contributed by atoms with Gasteiger partial charge in [-0.1, -0.05) is 30.3 Å². The summed E-state index contributed by atoms with van der Waals surface area (Å²) >= 11 is 0. The first kappa shape index (κ1) is 14.1. The molecule has 1 aliphatic heterocycles. The number of amides is 1. The Balaban J connectivity index is 1.94. The number of carbonyl (C=O) groups excluding carboxylic acids is 1. The lowest BCUT2D eigenvalue weighted by Crippen LogP contribution is -2.38. The number of nitrogens with two attached hydrogens (primary N) is 1. The molecule has 1 fully saturated rings. The van der Waals surface area contributed by atoms with Crippen LogP contribution in [0.15, 0.2) is 30.3 Å². The molecule has 2 N–H and O–H groups in total. The van der Waals surface area contributed by atoms with Crippen LogP contribution < -0.4 is 5.73 Å². The van der Waals surface area contributed by atoms with Crippen molar-refractivity contribution in [2.45, 2.75) is 45.2 Å². The molecule has 0 radical (unpaired) electrons. The van der Waals surface area contributed by atoms with Crippen LogP contribution in [0.4, 0.5) is 0 Å². The van der Waals surface area contributed by atoms with Gasteiger partial charge in [0.05, 0.1) is 0 Å². The van der Waals surface area contributed by atoms with Crippen LogP contribution >= 0.6 is 0 Å². The summed E-state index contributed by atoms with van der Waals surface area (Å²) in [6, 6.07) is 10.8. The van der Waals surface area contributed by atoms with Crippen LogP contribution in [-0.4, -0.2) is 29.4 Å². The Kier molecular flexibility index (Phi) is 4.59. The molecule has 0 spiro atoms. The molecule has 3 atom stereocenters. The van der Waals surface area contributed by atoms with Crippen LogP contribution in [0.3, 0.4) is 0 Å². The molecule has 1 heterocycles. The van der Waals surface area contributed by atoms with Crippen molar-refractivity contribution >= 4 is 5.91 Å². The second-order valence-corrected chi connectivity index (χ2v) is 5.75. The number of benzene rings is 1. The summed E-state index contributed by atoms with van der Waals surface area (Å²) in [5.74, 6) is 0.775. The van der Waals surface area contributed by atoms with Crippen molar-refractivity contribution < 1.29 is 4.79 Å². The molecule has 0 bridgehead atoms. The van der Waals surface area contributed by atoms with Crippen molar-refractivity contribution in [2.75, 3.05) is 6.54 Å². The molecule has 0 aliphatic carbocycles. The van der Waals surface area contributed by atoms with E-state index in [0.29, 0.717) is 18.4 Å². The summed E-state index contributed by atoms with van der Waals surface area (Å²) in [7, 11) is 0. The predicted octanol–water partition coefficient (Wildman–Crippen LogP) is 2.20. The van der Waals surface area contributed by atoms with Crippen LogP contribution in [0, 0.1) is 5.92 Å². The van der Waals surface area contributed by atoms with Crippen molar-refractivity contribution in [3.63, 3.8) is 0 Å². The zero-order valence-corrected chi connectivity index (χ0v) is 11.9. The lowest BCUT2D eigenvalue weighted by molar-refractivity contribution is -0.132. The first-order chi connectivity index (χ1) is 9.08. The summed E-state index contributed by atoms with van der Waals surface area (Å²) in [4.78, 5) is 14.1. The zero-order chi connectivity index (χ0) is 13.8. The third-order valence-corrected chi connectivity index (χ3v) is 4.07. The Morgan fingerprint density at radius 3 is 2.74 bits per heavy atom. The summed E-state index contributed by atoms with van der Waals surface area (Å²) in [5, 5.41) is 0. The fraction of sp³-hybridized carbons (Fsp3) is 0.562. The van der Waals surface area contributed by atoms with E-state index in [1.54, 1.807) is 0 Å². The Morgan fingerprint density at radius 1 is 1.42 bits per heavy atom. The lowest BCUT2D eigenvalue weighted by Gasteiger charge is -2.25. The average Bonchev–Trinajstić information content (AvgIpc) is 2.72. The number of rotatable bonds is 4. The molecule has 2 rings (SSSR count). The van der Waals surface area contributed by atoms with E-state index in [9.17, 15) is 4.79 Å². The van der Waals surface area contributed by atoms with Crippen molar-refractivity contribution in [2.24, 2.45) is 11.7 Å². The molecular weight excluding hydrogens is 236 g/mol. The molecule has 1 aromatic rings. The largest absolute Gasteiger partial charge is 0.340 e. The van der Waals surface area contributed by atoms with E-state index < -0.39 is 0 Å². The third-order valence-electron chi connectivity index (χ3n) is 4.07. The molecule has 0 saturated carbocycles. The first-order valence-electron chi connectivity index (χ1n) is 7.17. The van der Waals surface area contributed by atoms with Gasteiger partial charge in [-0.3, -0.25) is 4.79 Å². The highest BCUT2D eigenvalue weighted by atomic mass is 16.2. The maximum atomic E-state index is 12.1. The van der Waals surface area contributed by atoms with E-state index in [1.165, 1.54) is 5.56 Å². The first-order valence-corrected chi connectivity index (χ1v) is 7.17. The highest BCUT2D eigenvalue weighted by molar-refractivity contribution is 5.77. The van der Waals surface area contributed by atoms with Gasteiger partial charge in [0.2, 0.25) is 5.91 Å². The van der Waals surface area contributed by atoms with Gasteiger partial charge in [-0.25, -0.2) is 0 Å². The second-order valence-electron chi connectivity index (χ2n) is 5.75. The maximum Gasteiger partial charge on any atom is 0.224 e. The van der Waals surface area contributed by atoms with Gasteiger partial charge in [-0.2, -0.15) is 0 Å². The molecule has 0 aromatic heterocycles. The number of carbonyl (C=O) groups is 1. The molecular formula is C16H24N2O. The van der Waals surface area contributed by atoms with Gasteiger partial charge in [0, 0.05) is 25.0 Å². The van der Waals surface area contributed by atoms with Crippen molar-refractivity contribution in [1.29, 1.82) is 0 Å². The van der Waals surface area contributed by atoms with E-state index >= 15 is 0 Å². The van der Waals surface area contributed by atoms with Crippen LogP contribution in [0.2, 0.25) is 0 Å². The van der Waals surface area contributed by atoms with Crippen molar-refractivity contribution in [3.05, 3.63) is 35.9 Å². The number of hydrogen-bond acceptors (Lipinski definition) is 2. The predicted molar refractivity (Wildman–Crippen MR) is 77.7 cm³/mol. The summed E-state index contributed by atoms with van der Waals surface area (Å²) in [6.07, 6.45) is 2.62. The minimum atomic E-state index is -0.0483. The Bertz CT molecular complexity index is 416. The van der Waals surface area contributed by atoms with Gasteiger partial charge in [0.25, 0.3) is 0 Å². The fourth-order valence-corrected chi connectivity index (χ4v) is 2.94. The van der Waals surface area contributed by atoms with Crippen LogP contribution in [-0.2, 0) is 11.2 Å². The molecule has 3 unspecified atom stereocenters. The Labute approximate surface area is 115 Å². The average molecular weight is 260 g/mol. The van der Waals surface area contributed by atoms with E-state index in [2.05, 4.69) is 31.2 Å². The molecule has 1 amide bonds. The maximum absolute atomic E-state index is 12.1. The lowest BCUT2D eigenvalue weighted by atomic mass is 9.93. The van der Waals surface area contributed by atoms with Gasteiger partial charge in [0.1, 0.15) is 0 Å². The topological polar surface area (TPSA) is 46.3 Å². The Morgan fingerprint density at radius 2 is 2.11 bits per heavy atom. The normalized spacial score (nSPS) is 24.5. The molecule has 104 valence electrons. The van der Waals surface area contributed by atoms with Crippen molar-refractivity contribution in [1.82, 2.24) is 4.90 Å². The fourth-order valence-electron chi connectivity index (χ4n) is 2.94. The van der Waals surface area contributed by atoms with E-state index in [0.717, 1.165) is 19.4 Å². The van der Waals surface area contributed by atoms with E-state index in [-0.39, 0.29) is 11.9 Å². The SMILES string of the molecule is CC(N)CC(=O)N1CCC(Cc2ccccc2)C1C. The minimum absolute atomic E-state index is 0.0483. The molecule has 1 aliphatic rings. The van der Waals surface area contributed by atoms with Crippen LogP contribution in [0.25, 0.3) is 0 Å². The minimum Gasteiger partial charge on any atom is -0.340 e. The smallest absolute Gasteiger partial charge is 0.224 e. The van der Waals surface area contributed by atoms with E-state index in [4.69, 9.17) is 5.73 Å². The Hall–Kier alpha value is -1.35. The molecule has 1 saturated heterocycles.